The van der Waals surface area contributed by atoms with Crippen molar-refractivity contribution in [1.29, 1.82) is 0 Å². The number of phenolic OH excluding ortho intramolecular Hbond substituents is 1. The molecule has 0 aromatic heterocycles. The van der Waals surface area contributed by atoms with E-state index in [4.69, 9.17) is 16.3 Å². The van der Waals surface area contributed by atoms with Crippen molar-refractivity contribution >= 4 is 17.5 Å². The van der Waals surface area contributed by atoms with Crippen LogP contribution < -0.4 is 10.1 Å². The zero-order chi connectivity index (χ0) is 13.5. The van der Waals surface area contributed by atoms with Gasteiger partial charge in [0, 0.05) is 12.1 Å². The average molecular weight is 272 g/mol. The summed E-state index contributed by atoms with van der Waals surface area (Å²) in [6, 6.07) is 4.52. The molecule has 1 aromatic rings. The molecule has 0 saturated carbocycles. The SMILES string of the molecule is CCCC(Cl)CNC(=O)c1ccc(OC)c(O)c1. The van der Waals surface area contributed by atoms with E-state index in [9.17, 15) is 9.90 Å². The fourth-order valence-electron chi connectivity index (χ4n) is 1.55. The smallest absolute Gasteiger partial charge is 0.251 e. The van der Waals surface area contributed by atoms with Crippen LogP contribution >= 0.6 is 11.6 Å². The van der Waals surface area contributed by atoms with E-state index in [-0.39, 0.29) is 17.0 Å². The van der Waals surface area contributed by atoms with E-state index in [0.29, 0.717) is 17.9 Å². The standard InChI is InChI=1S/C13H18ClNO3/c1-3-4-10(14)8-15-13(17)9-5-6-12(18-2)11(16)7-9/h5-7,10,16H,3-4,8H2,1-2H3,(H,15,17). The summed E-state index contributed by atoms with van der Waals surface area (Å²) >= 11 is 6.01. The van der Waals surface area contributed by atoms with Crippen LogP contribution in [0.3, 0.4) is 0 Å². The Morgan fingerprint density at radius 3 is 2.83 bits per heavy atom. The maximum atomic E-state index is 11.8. The normalized spacial score (nSPS) is 11.9. The van der Waals surface area contributed by atoms with Crippen LogP contribution in [-0.4, -0.2) is 30.0 Å². The molecule has 0 bridgehead atoms. The van der Waals surface area contributed by atoms with Gasteiger partial charge in [-0.25, -0.2) is 0 Å². The summed E-state index contributed by atoms with van der Waals surface area (Å²) in [4.78, 5) is 11.8. The van der Waals surface area contributed by atoms with E-state index in [2.05, 4.69) is 5.32 Å². The first-order valence-corrected chi connectivity index (χ1v) is 6.31. The number of rotatable bonds is 6. The lowest BCUT2D eigenvalue weighted by Gasteiger charge is -2.10. The monoisotopic (exact) mass is 271 g/mol. The van der Waals surface area contributed by atoms with Crippen LogP contribution in [0.15, 0.2) is 18.2 Å². The summed E-state index contributed by atoms with van der Waals surface area (Å²) in [5, 5.41) is 12.2. The first-order valence-electron chi connectivity index (χ1n) is 5.87. The molecule has 0 saturated heterocycles. The fourth-order valence-corrected chi connectivity index (χ4v) is 1.85. The molecule has 1 unspecified atom stereocenters. The van der Waals surface area contributed by atoms with Crippen molar-refractivity contribution in [2.75, 3.05) is 13.7 Å². The van der Waals surface area contributed by atoms with Gasteiger partial charge in [-0.3, -0.25) is 4.79 Å². The van der Waals surface area contributed by atoms with Crippen LogP contribution in [0.25, 0.3) is 0 Å². The predicted octanol–water partition coefficient (Wildman–Crippen LogP) is 2.54. The molecule has 1 rings (SSSR count). The summed E-state index contributed by atoms with van der Waals surface area (Å²) in [6.45, 7) is 2.46. The Balaban J connectivity index is 2.59. The summed E-state index contributed by atoms with van der Waals surface area (Å²) in [5.74, 6) is 0.0311. The molecule has 4 nitrogen and oxygen atoms in total. The lowest BCUT2D eigenvalue weighted by atomic mass is 10.2. The van der Waals surface area contributed by atoms with Gasteiger partial charge in [-0.1, -0.05) is 13.3 Å². The number of carbonyl (C=O) groups excluding carboxylic acids is 1. The molecule has 0 aliphatic carbocycles. The van der Waals surface area contributed by atoms with Gasteiger partial charge in [-0.15, -0.1) is 11.6 Å². The van der Waals surface area contributed by atoms with Gasteiger partial charge in [0.25, 0.3) is 5.91 Å². The highest BCUT2D eigenvalue weighted by atomic mass is 35.5. The van der Waals surface area contributed by atoms with Crippen LogP contribution in [0.2, 0.25) is 0 Å². The molecule has 1 atom stereocenters. The number of nitrogens with one attached hydrogen (secondary N) is 1. The van der Waals surface area contributed by atoms with Gasteiger partial charge >= 0.3 is 0 Å². The van der Waals surface area contributed by atoms with Crippen LogP contribution in [0.4, 0.5) is 0 Å². The Bertz CT molecular complexity index is 409. The second kappa shape index (κ2) is 7.11. The van der Waals surface area contributed by atoms with Crippen molar-refractivity contribution in [2.45, 2.75) is 25.1 Å². The summed E-state index contributed by atoms with van der Waals surface area (Å²) in [6.07, 6.45) is 1.84. The molecule has 18 heavy (non-hydrogen) atoms. The quantitative estimate of drug-likeness (QED) is 0.782. The van der Waals surface area contributed by atoms with E-state index in [1.165, 1.54) is 13.2 Å². The predicted molar refractivity (Wildman–Crippen MR) is 71.5 cm³/mol. The number of aromatic hydroxyl groups is 1. The number of methoxy groups -OCH3 is 1. The lowest BCUT2D eigenvalue weighted by molar-refractivity contribution is 0.0953. The third-order valence-electron chi connectivity index (χ3n) is 2.53. The van der Waals surface area contributed by atoms with E-state index in [1.807, 2.05) is 6.92 Å². The number of ether oxygens (including phenoxy) is 1. The Morgan fingerprint density at radius 2 is 2.28 bits per heavy atom. The summed E-state index contributed by atoms with van der Waals surface area (Å²) in [7, 11) is 1.46. The van der Waals surface area contributed by atoms with E-state index in [0.717, 1.165) is 12.8 Å². The molecular weight excluding hydrogens is 254 g/mol. The molecule has 5 heteroatoms. The van der Waals surface area contributed by atoms with Gasteiger partial charge in [-0.2, -0.15) is 0 Å². The maximum absolute atomic E-state index is 11.8. The van der Waals surface area contributed by atoms with E-state index >= 15 is 0 Å². The van der Waals surface area contributed by atoms with Gasteiger partial charge in [0.05, 0.1) is 12.5 Å². The third-order valence-corrected chi connectivity index (χ3v) is 2.90. The first-order chi connectivity index (χ1) is 8.58. The number of hydrogen-bond acceptors (Lipinski definition) is 3. The van der Waals surface area contributed by atoms with Crippen LogP contribution in [0.5, 0.6) is 11.5 Å². The van der Waals surface area contributed by atoms with Gasteiger partial charge in [0.2, 0.25) is 0 Å². The lowest BCUT2D eigenvalue weighted by Crippen LogP contribution is -2.29. The van der Waals surface area contributed by atoms with Crippen molar-refractivity contribution in [2.24, 2.45) is 0 Å². The summed E-state index contributed by atoms with van der Waals surface area (Å²) in [5.41, 5.74) is 0.383. The average Bonchev–Trinajstić information content (AvgIpc) is 2.36. The molecule has 0 aliphatic heterocycles. The minimum absolute atomic E-state index is 0.0545. The topological polar surface area (TPSA) is 58.6 Å². The molecule has 100 valence electrons. The molecular formula is C13H18ClNO3. The fraction of sp³-hybridized carbons (Fsp3) is 0.462. The minimum atomic E-state index is -0.255. The Kier molecular flexibility index (Phi) is 5.78. The molecule has 0 spiro atoms. The number of alkyl halides is 1. The molecule has 0 aliphatic rings. The highest BCUT2D eigenvalue weighted by molar-refractivity contribution is 6.20. The van der Waals surface area contributed by atoms with E-state index < -0.39 is 0 Å². The number of benzene rings is 1. The number of hydrogen-bond donors (Lipinski definition) is 2. The highest BCUT2D eigenvalue weighted by Gasteiger charge is 2.11. The molecule has 1 amide bonds. The van der Waals surface area contributed by atoms with Gasteiger partial charge in [-0.05, 0) is 24.6 Å². The van der Waals surface area contributed by atoms with Crippen molar-refractivity contribution < 1.29 is 14.6 Å². The number of phenols is 1. The summed E-state index contributed by atoms with van der Waals surface area (Å²) < 4.78 is 4.91. The van der Waals surface area contributed by atoms with Crippen LogP contribution in [-0.2, 0) is 0 Å². The third kappa shape index (κ3) is 4.11. The highest BCUT2D eigenvalue weighted by Crippen LogP contribution is 2.26. The molecule has 1 aromatic carbocycles. The Morgan fingerprint density at radius 1 is 1.56 bits per heavy atom. The molecule has 0 heterocycles. The Labute approximate surface area is 112 Å². The zero-order valence-electron chi connectivity index (χ0n) is 10.6. The second-order valence-corrected chi connectivity index (χ2v) is 4.60. The maximum Gasteiger partial charge on any atom is 0.251 e. The number of halogens is 1. The largest absolute Gasteiger partial charge is 0.504 e. The zero-order valence-corrected chi connectivity index (χ0v) is 11.3. The van der Waals surface area contributed by atoms with Crippen molar-refractivity contribution in [3.63, 3.8) is 0 Å². The van der Waals surface area contributed by atoms with Gasteiger partial charge < -0.3 is 15.2 Å². The van der Waals surface area contributed by atoms with Crippen molar-refractivity contribution in [3.05, 3.63) is 23.8 Å². The first kappa shape index (κ1) is 14.6. The second-order valence-electron chi connectivity index (χ2n) is 3.98. The van der Waals surface area contributed by atoms with Crippen molar-refractivity contribution in [1.82, 2.24) is 5.32 Å². The van der Waals surface area contributed by atoms with Crippen molar-refractivity contribution in [3.8, 4) is 11.5 Å². The molecule has 0 fully saturated rings. The Hall–Kier alpha value is -1.42. The number of carbonyl (C=O) groups is 1. The van der Waals surface area contributed by atoms with Crippen LogP contribution in [0, 0.1) is 0 Å². The van der Waals surface area contributed by atoms with Gasteiger partial charge in [0.1, 0.15) is 0 Å². The molecule has 0 radical (unpaired) electrons. The molecule has 2 N–H and O–H groups in total. The van der Waals surface area contributed by atoms with Crippen LogP contribution in [0.1, 0.15) is 30.1 Å². The number of amides is 1. The van der Waals surface area contributed by atoms with E-state index in [1.54, 1.807) is 12.1 Å². The van der Waals surface area contributed by atoms with Gasteiger partial charge in [0.15, 0.2) is 11.5 Å². The minimum Gasteiger partial charge on any atom is -0.504 e.